The minimum absolute atomic E-state index is 0.281. The Morgan fingerprint density at radius 3 is 1.59 bits per heavy atom. The van der Waals surface area contributed by atoms with E-state index >= 15 is 0 Å². The largest absolute Gasteiger partial charge is 0.756 e. The Hall–Kier alpha value is 0.0300. The zero-order valence-electron chi connectivity index (χ0n) is 17.4. The number of aliphatic hydroxyl groups is 1. The van der Waals surface area contributed by atoms with Crippen molar-refractivity contribution in [3.8, 4) is 0 Å². The Morgan fingerprint density at radius 1 is 0.852 bits per heavy atom. The maximum atomic E-state index is 10.5. The molecule has 0 aliphatic carbocycles. The first-order valence-corrected chi connectivity index (χ1v) is 12.6. The number of unbranched alkanes of at least 4 members (excludes halogenated alkanes) is 14. The summed E-state index contributed by atoms with van der Waals surface area (Å²) in [4.78, 5) is 19.1. The first-order chi connectivity index (χ1) is 12.9. The molecule has 0 rings (SSSR count). The normalized spacial score (nSPS) is 16.2. The van der Waals surface area contributed by atoms with Crippen LogP contribution in [0.15, 0.2) is 0 Å². The van der Waals surface area contributed by atoms with E-state index in [1.165, 1.54) is 83.5 Å². The molecule has 0 saturated carbocycles. The molecule has 0 amide bonds. The van der Waals surface area contributed by atoms with Crippen molar-refractivity contribution in [2.24, 2.45) is 0 Å². The molecule has 3 atom stereocenters. The molecule has 5 N–H and O–H groups in total. The predicted octanol–water partition coefficient (Wildman–Crippen LogP) is 3.70. The summed E-state index contributed by atoms with van der Waals surface area (Å²) in [7, 11) is -4.72. The van der Waals surface area contributed by atoms with Gasteiger partial charge in [-0.15, -0.1) is 0 Å². The molecule has 0 aliphatic rings. The highest BCUT2D eigenvalue weighted by Crippen LogP contribution is 2.30. The lowest BCUT2D eigenvalue weighted by Crippen LogP contribution is -2.68. The van der Waals surface area contributed by atoms with Crippen molar-refractivity contribution in [2.45, 2.75) is 122 Å². The van der Waals surface area contributed by atoms with E-state index in [-0.39, 0.29) is 6.61 Å². The summed E-state index contributed by atoms with van der Waals surface area (Å²) in [6, 6.07) is -0.550. The van der Waals surface area contributed by atoms with Gasteiger partial charge in [-0.2, -0.15) is 0 Å². The lowest BCUT2D eigenvalue weighted by atomic mass is 10.0. The van der Waals surface area contributed by atoms with Crippen LogP contribution in [0.3, 0.4) is 0 Å². The molecule has 0 aromatic rings. The smallest absolute Gasteiger partial charge is 0.265 e. The van der Waals surface area contributed by atoms with E-state index in [1.807, 2.05) is 0 Å². The fourth-order valence-electron chi connectivity index (χ4n) is 3.26. The Morgan fingerprint density at radius 2 is 1.22 bits per heavy atom. The van der Waals surface area contributed by atoms with E-state index in [9.17, 15) is 14.6 Å². The van der Waals surface area contributed by atoms with Crippen molar-refractivity contribution in [2.75, 3.05) is 6.61 Å². The molecule has 0 heterocycles. The number of phosphoric acid groups is 1. The average molecular weight is 410 g/mol. The van der Waals surface area contributed by atoms with Gasteiger partial charge in [-0.05, 0) is 6.42 Å². The number of hydrogen-bond donors (Lipinski definition) is 3. The van der Waals surface area contributed by atoms with Gasteiger partial charge < -0.3 is 25.2 Å². The standard InChI is InChI=1S/C20H44NO5P/c1-2-3-4-5-6-7-8-9-10-11-12-13-14-15-16-17-20(22)19(21)18-26-27(23,24)25/h19-20,22H,2-18,21H2,1H3,(H2,23,24,25)/t19-,20+/m0/s1. The molecule has 164 valence electrons. The Kier molecular flexibility index (Phi) is 18.1. The highest BCUT2D eigenvalue weighted by atomic mass is 31.2. The maximum absolute atomic E-state index is 10.5. The van der Waals surface area contributed by atoms with Crippen molar-refractivity contribution in [1.29, 1.82) is 0 Å². The molecule has 1 unspecified atom stereocenters. The van der Waals surface area contributed by atoms with E-state index in [2.05, 4.69) is 17.2 Å². The second-order valence-corrected chi connectivity index (χ2v) is 9.03. The van der Waals surface area contributed by atoms with Crippen LogP contribution in [0.1, 0.15) is 110 Å². The second kappa shape index (κ2) is 18.1. The molecular formula is C20H44NO5P. The van der Waals surface area contributed by atoms with E-state index in [0.717, 1.165) is 12.8 Å². The molecular weight excluding hydrogens is 365 g/mol. The SMILES string of the molecule is CCCCCCCCCCCCCCCCC[C@@H](O)[C@@H]([NH3+])COP(=O)([O-])O. The summed E-state index contributed by atoms with van der Waals surface area (Å²) in [5.74, 6) is 0. The van der Waals surface area contributed by atoms with Crippen molar-refractivity contribution >= 4 is 7.82 Å². The van der Waals surface area contributed by atoms with Crippen LogP contribution in [0, 0.1) is 0 Å². The van der Waals surface area contributed by atoms with Gasteiger partial charge in [0, 0.05) is 0 Å². The van der Waals surface area contributed by atoms with Crippen LogP contribution in [-0.4, -0.2) is 28.8 Å². The van der Waals surface area contributed by atoms with Crippen LogP contribution in [-0.2, 0) is 9.09 Å². The van der Waals surface area contributed by atoms with E-state index in [0.29, 0.717) is 6.42 Å². The third-order valence-corrected chi connectivity index (χ3v) is 5.57. The minimum Gasteiger partial charge on any atom is -0.756 e. The molecule has 0 bridgehead atoms. The van der Waals surface area contributed by atoms with Gasteiger partial charge in [0.2, 0.25) is 0 Å². The molecule has 7 heteroatoms. The third-order valence-electron chi connectivity index (χ3n) is 5.10. The van der Waals surface area contributed by atoms with Gasteiger partial charge in [-0.1, -0.05) is 103 Å². The lowest BCUT2D eigenvalue weighted by Gasteiger charge is -2.20. The molecule has 6 nitrogen and oxygen atoms in total. The highest BCUT2D eigenvalue weighted by Gasteiger charge is 2.19. The van der Waals surface area contributed by atoms with E-state index in [4.69, 9.17) is 4.89 Å². The summed E-state index contributed by atoms with van der Waals surface area (Å²) in [6.07, 6.45) is 19.3. The zero-order chi connectivity index (χ0) is 20.4. The summed E-state index contributed by atoms with van der Waals surface area (Å²) >= 11 is 0. The van der Waals surface area contributed by atoms with Gasteiger partial charge in [0.1, 0.15) is 18.8 Å². The molecule has 0 saturated heterocycles. The molecule has 27 heavy (non-hydrogen) atoms. The number of hydrogen-bond acceptors (Lipinski definition) is 4. The third kappa shape index (κ3) is 20.6. The Bertz CT molecular complexity index is 364. The minimum atomic E-state index is -4.72. The van der Waals surface area contributed by atoms with Gasteiger partial charge in [0.15, 0.2) is 0 Å². The number of quaternary nitrogens is 1. The van der Waals surface area contributed by atoms with E-state index in [1.54, 1.807) is 0 Å². The van der Waals surface area contributed by atoms with Crippen molar-refractivity contribution in [3.05, 3.63) is 0 Å². The zero-order valence-corrected chi connectivity index (χ0v) is 18.3. The lowest BCUT2D eigenvalue weighted by molar-refractivity contribution is -0.443. The molecule has 0 aromatic carbocycles. The van der Waals surface area contributed by atoms with Crippen molar-refractivity contribution in [1.82, 2.24) is 0 Å². The van der Waals surface area contributed by atoms with Gasteiger partial charge in [0.25, 0.3) is 7.82 Å². The van der Waals surface area contributed by atoms with Gasteiger partial charge in [-0.25, -0.2) is 0 Å². The number of phosphoric ester groups is 1. The van der Waals surface area contributed by atoms with Crippen LogP contribution < -0.4 is 10.6 Å². The summed E-state index contributed by atoms with van der Waals surface area (Å²) < 4.78 is 14.8. The Labute approximate surface area is 166 Å². The van der Waals surface area contributed by atoms with Crippen LogP contribution in [0.25, 0.3) is 0 Å². The monoisotopic (exact) mass is 409 g/mol. The first kappa shape index (κ1) is 27.0. The fraction of sp³-hybridized carbons (Fsp3) is 1.00. The average Bonchev–Trinajstić information content (AvgIpc) is 2.62. The molecule has 0 spiro atoms. The maximum Gasteiger partial charge on any atom is 0.265 e. The van der Waals surface area contributed by atoms with Crippen LogP contribution in [0.4, 0.5) is 0 Å². The van der Waals surface area contributed by atoms with Gasteiger partial charge >= 0.3 is 0 Å². The van der Waals surface area contributed by atoms with Crippen LogP contribution >= 0.6 is 7.82 Å². The van der Waals surface area contributed by atoms with Crippen molar-refractivity contribution < 1.29 is 29.7 Å². The summed E-state index contributed by atoms with van der Waals surface area (Å²) in [5.41, 5.74) is 3.68. The van der Waals surface area contributed by atoms with Crippen molar-refractivity contribution in [3.63, 3.8) is 0 Å². The van der Waals surface area contributed by atoms with Gasteiger partial charge in [-0.3, -0.25) is 4.57 Å². The molecule has 0 radical (unpaired) electrons. The molecule has 0 fully saturated rings. The highest BCUT2D eigenvalue weighted by molar-refractivity contribution is 7.44. The Balaban J connectivity index is 3.29. The van der Waals surface area contributed by atoms with Crippen LogP contribution in [0.5, 0.6) is 0 Å². The van der Waals surface area contributed by atoms with E-state index < -0.39 is 20.0 Å². The number of aliphatic hydroxyl groups excluding tert-OH is 1. The number of rotatable bonds is 20. The van der Waals surface area contributed by atoms with Crippen LogP contribution in [0.2, 0.25) is 0 Å². The van der Waals surface area contributed by atoms with Gasteiger partial charge in [0.05, 0.1) is 0 Å². The fourth-order valence-corrected chi connectivity index (χ4v) is 3.64. The second-order valence-electron chi connectivity index (χ2n) is 7.83. The topological polar surface area (TPSA) is 117 Å². The first-order valence-electron chi connectivity index (χ1n) is 11.1. The molecule has 0 aliphatic heterocycles. The summed E-state index contributed by atoms with van der Waals surface area (Å²) in [6.45, 7) is 1.98. The summed E-state index contributed by atoms with van der Waals surface area (Å²) in [5, 5.41) is 9.90. The quantitative estimate of drug-likeness (QED) is 0.209. The predicted molar refractivity (Wildman–Crippen MR) is 108 cm³/mol. The molecule has 0 aromatic heterocycles.